The molecule has 46 heavy (non-hydrogen) atoms. The third-order valence-corrected chi connectivity index (χ3v) is 9.33. The molecule has 12 heteroatoms. The second-order valence-corrected chi connectivity index (χ2v) is 15.0. The van der Waals surface area contributed by atoms with Gasteiger partial charge in [-0.2, -0.15) is 8.42 Å². The van der Waals surface area contributed by atoms with Crippen LogP contribution in [-0.2, 0) is 41.5 Å². The molecule has 0 aliphatic rings. The number of alkyl carbamates (subject to hydrolysis) is 1. The Balaban J connectivity index is 1.72. The highest BCUT2D eigenvalue weighted by atomic mass is 35.5. The maximum Gasteiger partial charge on any atom is 0.408 e. The van der Waals surface area contributed by atoms with Crippen LogP contribution in [0.15, 0.2) is 82.6 Å². The quantitative estimate of drug-likeness (QED) is 0.0817. The highest BCUT2D eigenvalue weighted by molar-refractivity contribution is 7.99. The molecule has 1 amide bonds. The van der Waals surface area contributed by atoms with Crippen LogP contribution in [0.3, 0.4) is 0 Å². The molecule has 0 fully saturated rings. The van der Waals surface area contributed by atoms with Crippen LogP contribution >= 0.6 is 23.4 Å². The van der Waals surface area contributed by atoms with Gasteiger partial charge in [0.05, 0.1) is 24.5 Å². The van der Waals surface area contributed by atoms with E-state index in [2.05, 4.69) is 5.32 Å². The molecule has 0 aliphatic heterocycles. The minimum atomic E-state index is -3.83. The van der Waals surface area contributed by atoms with Crippen molar-refractivity contribution in [3.8, 4) is 5.75 Å². The molecular formula is C34H44ClNO8S2. The lowest BCUT2D eigenvalue weighted by Crippen LogP contribution is -2.54. The summed E-state index contributed by atoms with van der Waals surface area (Å²) in [5, 5.41) is 3.45. The molecule has 1 unspecified atom stereocenters. The summed E-state index contributed by atoms with van der Waals surface area (Å²) in [6.07, 6.45) is 0.0814. The maximum absolute atomic E-state index is 12.9. The molecule has 0 bridgehead atoms. The van der Waals surface area contributed by atoms with Gasteiger partial charge in [-0.1, -0.05) is 59.8 Å². The van der Waals surface area contributed by atoms with Gasteiger partial charge in [-0.3, -0.25) is 4.18 Å². The summed E-state index contributed by atoms with van der Waals surface area (Å²) in [5.41, 5.74) is 0.0657. The van der Waals surface area contributed by atoms with E-state index >= 15 is 0 Å². The molecule has 1 atom stereocenters. The third kappa shape index (κ3) is 13.5. The average molecular weight is 694 g/mol. The Kier molecular flexibility index (Phi) is 14.7. The normalized spacial score (nSPS) is 13.2. The smallest absolute Gasteiger partial charge is 0.408 e. The minimum Gasteiger partial charge on any atom is -0.489 e. The first-order valence-corrected chi connectivity index (χ1v) is 17.8. The summed E-state index contributed by atoms with van der Waals surface area (Å²) < 4.78 is 52.1. The Morgan fingerprint density at radius 3 is 2.28 bits per heavy atom. The number of ether oxygens (including phenoxy) is 4. The van der Waals surface area contributed by atoms with Crippen molar-refractivity contribution in [2.75, 3.05) is 32.9 Å². The second kappa shape index (κ2) is 17.9. The number of amides is 1. The lowest BCUT2D eigenvalue weighted by Gasteiger charge is -2.35. The van der Waals surface area contributed by atoms with E-state index in [9.17, 15) is 13.2 Å². The topological polar surface area (TPSA) is 109 Å². The van der Waals surface area contributed by atoms with E-state index in [1.165, 1.54) is 7.11 Å². The molecule has 0 aromatic heterocycles. The molecule has 0 saturated heterocycles. The first kappa shape index (κ1) is 37.7. The Morgan fingerprint density at radius 1 is 0.957 bits per heavy atom. The van der Waals surface area contributed by atoms with E-state index in [-0.39, 0.29) is 32.2 Å². The van der Waals surface area contributed by atoms with Gasteiger partial charge in [0.1, 0.15) is 24.8 Å². The SMILES string of the molecule is CCOS(=O)(=O)CCC(CCc1ccc(Sc2ccc(OCc3ccccc3)cc2)cc1Cl)(COCOC)NC(=O)OC(C)(C)C. The van der Waals surface area contributed by atoms with Gasteiger partial charge in [-0.05, 0) is 94.5 Å². The molecule has 9 nitrogen and oxygen atoms in total. The highest BCUT2D eigenvalue weighted by Crippen LogP contribution is 2.33. The largest absolute Gasteiger partial charge is 0.489 e. The van der Waals surface area contributed by atoms with Crippen LogP contribution in [-0.4, -0.2) is 58.5 Å². The van der Waals surface area contributed by atoms with Gasteiger partial charge in [-0.25, -0.2) is 4.79 Å². The van der Waals surface area contributed by atoms with Crippen LogP contribution < -0.4 is 10.1 Å². The van der Waals surface area contributed by atoms with Crippen molar-refractivity contribution in [2.24, 2.45) is 0 Å². The van der Waals surface area contributed by atoms with E-state index in [1.807, 2.05) is 72.8 Å². The van der Waals surface area contributed by atoms with Crippen molar-refractivity contribution >= 4 is 39.6 Å². The Labute approximate surface area is 282 Å². The summed E-state index contributed by atoms with van der Waals surface area (Å²) >= 11 is 8.32. The van der Waals surface area contributed by atoms with Crippen LogP contribution in [0.1, 0.15) is 51.7 Å². The third-order valence-electron chi connectivity index (χ3n) is 6.68. The molecule has 0 heterocycles. The number of carbonyl (C=O) groups excluding carboxylic acids is 1. The predicted octanol–water partition coefficient (Wildman–Crippen LogP) is 7.64. The standard InChI is InChI=1S/C34H44ClNO8S2/c1-6-43-46(38,39)21-20-34(24-41-25-40-5,36-32(37)44-33(2,3)4)19-18-27-12-15-30(22-31(27)35)45-29-16-13-28(14-17-29)42-23-26-10-8-7-9-11-26/h7-17,22H,6,18-21,23-25H2,1-5H3,(H,36,37). The van der Waals surface area contributed by atoms with Crippen LogP contribution in [0, 0.1) is 0 Å². The molecule has 0 aliphatic carbocycles. The lowest BCUT2D eigenvalue weighted by molar-refractivity contribution is -0.0567. The van der Waals surface area contributed by atoms with Crippen molar-refractivity contribution in [3.05, 3.63) is 88.9 Å². The van der Waals surface area contributed by atoms with Gasteiger partial charge in [0.15, 0.2) is 0 Å². The van der Waals surface area contributed by atoms with Crippen molar-refractivity contribution in [1.29, 1.82) is 0 Å². The van der Waals surface area contributed by atoms with Crippen molar-refractivity contribution in [2.45, 2.75) is 74.5 Å². The van der Waals surface area contributed by atoms with Crippen LogP contribution in [0.2, 0.25) is 5.02 Å². The van der Waals surface area contributed by atoms with Gasteiger partial charge < -0.3 is 24.3 Å². The fraction of sp³-hybridized carbons (Fsp3) is 0.441. The summed E-state index contributed by atoms with van der Waals surface area (Å²) in [5.74, 6) is 0.459. The molecular weight excluding hydrogens is 650 g/mol. The number of nitrogens with one attached hydrogen (secondary N) is 1. The second-order valence-electron chi connectivity index (χ2n) is 11.7. The molecule has 3 aromatic carbocycles. The molecule has 3 aromatic rings. The number of methoxy groups -OCH3 is 1. The Hall–Kier alpha value is -2.80. The minimum absolute atomic E-state index is 0.0150. The van der Waals surface area contributed by atoms with Crippen LogP contribution in [0.5, 0.6) is 5.75 Å². The highest BCUT2D eigenvalue weighted by Gasteiger charge is 2.36. The van der Waals surface area contributed by atoms with Crippen molar-refractivity contribution < 1.29 is 36.3 Å². The summed E-state index contributed by atoms with van der Waals surface area (Å²) in [4.78, 5) is 14.9. The Morgan fingerprint density at radius 2 is 1.65 bits per heavy atom. The lowest BCUT2D eigenvalue weighted by atomic mass is 9.89. The zero-order chi connectivity index (χ0) is 33.6. The summed E-state index contributed by atoms with van der Waals surface area (Å²) in [6, 6.07) is 23.7. The number of halogens is 1. The van der Waals surface area contributed by atoms with Gasteiger partial charge in [-0.15, -0.1) is 0 Å². The van der Waals surface area contributed by atoms with Gasteiger partial charge >= 0.3 is 6.09 Å². The van der Waals surface area contributed by atoms with E-state index in [4.69, 9.17) is 34.7 Å². The van der Waals surface area contributed by atoms with E-state index in [1.54, 1.807) is 39.5 Å². The van der Waals surface area contributed by atoms with Crippen LogP contribution in [0.4, 0.5) is 4.79 Å². The fourth-order valence-electron chi connectivity index (χ4n) is 4.48. The summed E-state index contributed by atoms with van der Waals surface area (Å²) in [7, 11) is -2.35. The van der Waals surface area contributed by atoms with E-state index in [0.29, 0.717) is 24.5 Å². The number of hydrogen-bond donors (Lipinski definition) is 1. The van der Waals surface area contributed by atoms with Gasteiger partial charge in [0.25, 0.3) is 10.1 Å². The van der Waals surface area contributed by atoms with Crippen molar-refractivity contribution in [3.63, 3.8) is 0 Å². The van der Waals surface area contributed by atoms with E-state index in [0.717, 1.165) is 26.7 Å². The Bertz CT molecular complexity index is 1480. The van der Waals surface area contributed by atoms with Gasteiger partial charge in [0.2, 0.25) is 0 Å². The maximum atomic E-state index is 12.9. The number of aryl methyl sites for hydroxylation is 1. The molecule has 1 N–H and O–H groups in total. The molecule has 0 spiro atoms. The molecule has 0 saturated carbocycles. The zero-order valence-corrected chi connectivity index (χ0v) is 29.4. The number of carbonyl (C=O) groups is 1. The van der Waals surface area contributed by atoms with E-state index < -0.39 is 27.4 Å². The zero-order valence-electron chi connectivity index (χ0n) is 27.0. The first-order chi connectivity index (χ1) is 21.8. The molecule has 0 radical (unpaired) electrons. The number of rotatable bonds is 18. The fourth-order valence-corrected chi connectivity index (χ4v) is 6.79. The number of benzene rings is 3. The van der Waals surface area contributed by atoms with Crippen molar-refractivity contribution in [1.82, 2.24) is 5.32 Å². The predicted molar refractivity (Wildman–Crippen MR) is 181 cm³/mol. The molecule has 3 rings (SSSR count). The van der Waals surface area contributed by atoms with Crippen LogP contribution in [0.25, 0.3) is 0 Å². The summed E-state index contributed by atoms with van der Waals surface area (Å²) in [6.45, 7) is 7.32. The molecule has 252 valence electrons. The van der Waals surface area contributed by atoms with Gasteiger partial charge in [0, 0.05) is 21.9 Å². The average Bonchev–Trinajstić information content (AvgIpc) is 2.99. The first-order valence-electron chi connectivity index (χ1n) is 15.0. The monoisotopic (exact) mass is 693 g/mol. The number of hydrogen-bond acceptors (Lipinski definition) is 9.